The highest BCUT2D eigenvalue weighted by Crippen LogP contribution is 2.23. The Hall–Kier alpha value is -3.72. The van der Waals surface area contributed by atoms with Gasteiger partial charge in [0.1, 0.15) is 5.82 Å². The summed E-state index contributed by atoms with van der Waals surface area (Å²) in [4.78, 5) is 23.7. The van der Waals surface area contributed by atoms with Crippen molar-refractivity contribution in [1.82, 2.24) is 0 Å². The molecule has 3 aromatic rings. The first-order valence-corrected chi connectivity index (χ1v) is 10.1. The highest BCUT2D eigenvalue weighted by Gasteiger charge is 2.23. The Balaban J connectivity index is 1.89. The van der Waals surface area contributed by atoms with E-state index in [1.807, 2.05) is 0 Å². The van der Waals surface area contributed by atoms with E-state index in [-0.39, 0.29) is 27.4 Å². The van der Waals surface area contributed by atoms with E-state index in [4.69, 9.17) is 0 Å². The summed E-state index contributed by atoms with van der Waals surface area (Å²) in [6.07, 6.45) is 0. The molecule has 0 fully saturated rings. The van der Waals surface area contributed by atoms with Crippen LogP contribution in [0.25, 0.3) is 0 Å². The number of nitrogens with zero attached hydrogens (tertiary/aromatic N) is 1. The lowest BCUT2D eigenvalue weighted by Crippen LogP contribution is -2.27. The molecule has 7 nitrogen and oxygen atoms in total. The lowest BCUT2D eigenvalue weighted by Gasteiger charge is -2.20. The van der Waals surface area contributed by atoms with Crippen molar-refractivity contribution in [2.45, 2.75) is 4.90 Å². The Morgan fingerprint density at radius 3 is 2.30 bits per heavy atom. The van der Waals surface area contributed by atoms with Crippen molar-refractivity contribution in [2.24, 2.45) is 0 Å². The Morgan fingerprint density at radius 1 is 0.967 bits per heavy atom. The van der Waals surface area contributed by atoms with Crippen LogP contribution in [0.1, 0.15) is 20.7 Å². The summed E-state index contributed by atoms with van der Waals surface area (Å²) in [5.41, 5.74) is 0.280. The molecule has 0 aromatic heterocycles. The van der Waals surface area contributed by atoms with Crippen molar-refractivity contribution in [1.29, 1.82) is 0 Å². The number of para-hydroxylation sites is 1. The third kappa shape index (κ3) is 4.31. The second-order valence-electron chi connectivity index (χ2n) is 6.28. The number of carboxylic acid groups (broad SMARTS) is 1. The van der Waals surface area contributed by atoms with E-state index < -0.39 is 27.7 Å². The summed E-state index contributed by atoms with van der Waals surface area (Å²) in [5.74, 6) is -2.36. The predicted molar refractivity (Wildman–Crippen MR) is 110 cm³/mol. The van der Waals surface area contributed by atoms with Crippen LogP contribution in [0.15, 0.2) is 77.7 Å². The molecule has 0 aliphatic carbocycles. The average molecular weight is 428 g/mol. The van der Waals surface area contributed by atoms with Gasteiger partial charge in [0.25, 0.3) is 15.9 Å². The molecule has 0 unspecified atom stereocenters. The van der Waals surface area contributed by atoms with Gasteiger partial charge in [0.2, 0.25) is 0 Å². The van der Waals surface area contributed by atoms with Gasteiger partial charge in [-0.25, -0.2) is 17.6 Å². The number of rotatable bonds is 6. The van der Waals surface area contributed by atoms with Gasteiger partial charge in [-0.05, 0) is 54.6 Å². The molecule has 2 N–H and O–H groups in total. The number of benzene rings is 3. The molecule has 0 aliphatic heterocycles. The first-order chi connectivity index (χ1) is 14.2. The molecule has 30 heavy (non-hydrogen) atoms. The fraction of sp³-hybridized carbons (Fsp3) is 0.0476. The van der Waals surface area contributed by atoms with E-state index in [0.717, 1.165) is 16.4 Å². The number of anilines is 2. The number of nitrogens with one attached hydrogen (secondary N) is 1. The number of hydrogen-bond acceptors (Lipinski definition) is 4. The van der Waals surface area contributed by atoms with Crippen LogP contribution < -0.4 is 9.62 Å². The molecule has 1 amide bonds. The summed E-state index contributed by atoms with van der Waals surface area (Å²) in [7, 11) is -2.70. The third-order valence-corrected chi connectivity index (χ3v) is 6.13. The minimum absolute atomic E-state index is 0.0313. The monoisotopic (exact) mass is 428 g/mol. The van der Waals surface area contributed by atoms with Crippen LogP contribution in [0, 0.1) is 5.82 Å². The largest absolute Gasteiger partial charge is 0.478 e. The summed E-state index contributed by atoms with van der Waals surface area (Å²) in [6, 6.07) is 16.2. The highest BCUT2D eigenvalue weighted by atomic mass is 32.2. The van der Waals surface area contributed by atoms with Gasteiger partial charge in [0.05, 0.1) is 21.8 Å². The molecule has 0 saturated carbocycles. The minimum atomic E-state index is -4.02. The van der Waals surface area contributed by atoms with Gasteiger partial charge in [-0.2, -0.15) is 0 Å². The molecule has 3 aromatic carbocycles. The molecule has 0 atom stereocenters. The van der Waals surface area contributed by atoms with Crippen LogP contribution in [0.4, 0.5) is 15.8 Å². The SMILES string of the molecule is CN(c1ccc(F)cc1)S(=O)(=O)c1cccc(C(=O)Nc2ccccc2C(=O)O)c1. The van der Waals surface area contributed by atoms with Crippen LogP contribution in [0.3, 0.4) is 0 Å². The van der Waals surface area contributed by atoms with Crippen molar-refractivity contribution in [3.63, 3.8) is 0 Å². The second kappa shape index (κ2) is 8.34. The molecule has 154 valence electrons. The van der Waals surface area contributed by atoms with Gasteiger partial charge in [0.15, 0.2) is 0 Å². The zero-order valence-electron chi connectivity index (χ0n) is 15.7. The second-order valence-corrected chi connectivity index (χ2v) is 8.25. The maximum atomic E-state index is 13.1. The lowest BCUT2D eigenvalue weighted by atomic mass is 10.1. The normalized spacial score (nSPS) is 11.0. The maximum Gasteiger partial charge on any atom is 0.337 e. The van der Waals surface area contributed by atoms with Crippen LogP contribution in [-0.2, 0) is 10.0 Å². The zero-order valence-corrected chi connectivity index (χ0v) is 16.6. The molecule has 0 heterocycles. The number of carbonyl (C=O) groups is 2. The topological polar surface area (TPSA) is 104 Å². The first kappa shape index (κ1) is 21.0. The maximum absolute atomic E-state index is 13.1. The van der Waals surface area contributed by atoms with Crippen LogP contribution in [0.5, 0.6) is 0 Å². The molecule has 3 rings (SSSR count). The number of sulfonamides is 1. The van der Waals surface area contributed by atoms with Gasteiger partial charge < -0.3 is 10.4 Å². The Bertz CT molecular complexity index is 1210. The van der Waals surface area contributed by atoms with E-state index in [2.05, 4.69) is 5.32 Å². The molecule has 0 aliphatic rings. The van der Waals surface area contributed by atoms with E-state index in [1.54, 1.807) is 6.07 Å². The molecule has 0 saturated heterocycles. The fourth-order valence-electron chi connectivity index (χ4n) is 2.72. The van der Waals surface area contributed by atoms with Crippen molar-refractivity contribution in [3.8, 4) is 0 Å². The van der Waals surface area contributed by atoms with Crippen LogP contribution in [0.2, 0.25) is 0 Å². The van der Waals surface area contributed by atoms with E-state index in [9.17, 15) is 27.5 Å². The van der Waals surface area contributed by atoms with Crippen molar-refractivity contribution in [3.05, 3.63) is 89.7 Å². The molecule has 0 bridgehead atoms. The zero-order chi connectivity index (χ0) is 21.9. The quantitative estimate of drug-likeness (QED) is 0.624. The van der Waals surface area contributed by atoms with E-state index in [1.165, 1.54) is 61.6 Å². The molecule has 0 radical (unpaired) electrons. The van der Waals surface area contributed by atoms with E-state index in [0.29, 0.717) is 0 Å². The van der Waals surface area contributed by atoms with Crippen LogP contribution >= 0.6 is 0 Å². The van der Waals surface area contributed by atoms with Gasteiger partial charge in [-0.3, -0.25) is 9.10 Å². The van der Waals surface area contributed by atoms with Gasteiger partial charge in [-0.1, -0.05) is 18.2 Å². The molecular weight excluding hydrogens is 411 g/mol. The number of hydrogen-bond donors (Lipinski definition) is 2. The number of aromatic carboxylic acids is 1. The van der Waals surface area contributed by atoms with Crippen molar-refractivity contribution in [2.75, 3.05) is 16.7 Å². The van der Waals surface area contributed by atoms with Gasteiger partial charge >= 0.3 is 5.97 Å². The minimum Gasteiger partial charge on any atom is -0.478 e. The summed E-state index contributed by atoms with van der Waals surface area (Å²) in [5, 5.41) is 11.7. The Kier molecular flexibility index (Phi) is 5.84. The third-order valence-electron chi connectivity index (χ3n) is 4.35. The number of carbonyl (C=O) groups excluding carboxylic acids is 1. The number of carboxylic acids is 1. The van der Waals surface area contributed by atoms with Crippen molar-refractivity contribution < 1.29 is 27.5 Å². The smallest absolute Gasteiger partial charge is 0.337 e. The number of amides is 1. The van der Waals surface area contributed by atoms with E-state index >= 15 is 0 Å². The Labute approximate surface area is 172 Å². The van der Waals surface area contributed by atoms with Crippen molar-refractivity contribution >= 4 is 33.3 Å². The standard InChI is InChI=1S/C21H17FN2O5S/c1-24(16-11-9-15(22)10-12-16)30(28,29)17-6-4-5-14(13-17)20(25)23-19-8-3-2-7-18(19)21(26)27/h2-13H,1H3,(H,23,25)(H,26,27). The predicted octanol–water partition coefficient (Wildman–Crippen LogP) is 3.60. The first-order valence-electron chi connectivity index (χ1n) is 8.68. The van der Waals surface area contributed by atoms with Gasteiger partial charge in [0, 0.05) is 12.6 Å². The summed E-state index contributed by atoms with van der Waals surface area (Å²) < 4.78 is 39.9. The van der Waals surface area contributed by atoms with Gasteiger partial charge in [-0.15, -0.1) is 0 Å². The average Bonchev–Trinajstić information content (AvgIpc) is 2.74. The number of halogens is 1. The van der Waals surface area contributed by atoms with Crippen LogP contribution in [-0.4, -0.2) is 32.4 Å². The summed E-state index contributed by atoms with van der Waals surface area (Å²) >= 11 is 0. The fourth-order valence-corrected chi connectivity index (χ4v) is 3.96. The summed E-state index contributed by atoms with van der Waals surface area (Å²) in [6.45, 7) is 0. The molecule has 0 spiro atoms. The highest BCUT2D eigenvalue weighted by molar-refractivity contribution is 7.92. The Morgan fingerprint density at radius 2 is 1.63 bits per heavy atom. The molecular formula is C21H17FN2O5S. The lowest BCUT2D eigenvalue weighted by molar-refractivity contribution is 0.0698. The molecule has 9 heteroatoms.